The molecule has 2 aliphatic rings. The van der Waals surface area contributed by atoms with E-state index in [9.17, 15) is 14.4 Å². The average Bonchev–Trinajstić information content (AvgIpc) is 2.89. The molecule has 2 aliphatic heterocycles. The fraction of sp³-hybridized carbons (Fsp3) is 0.471. The molecule has 1 aromatic carbocycles. The van der Waals surface area contributed by atoms with E-state index in [4.69, 9.17) is 23.2 Å². The third-order valence-corrected chi connectivity index (χ3v) is 5.39. The molecule has 0 aromatic heterocycles. The van der Waals surface area contributed by atoms with E-state index in [1.54, 1.807) is 6.07 Å². The Morgan fingerprint density at radius 3 is 2.73 bits per heavy atom. The quantitative estimate of drug-likeness (QED) is 0.760. The van der Waals surface area contributed by atoms with Crippen LogP contribution in [-0.2, 0) is 9.59 Å². The predicted octanol–water partition coefficient (Wildman–Crippen LogP) is 2.02. The summed E-state index contributed by atoms with van der Waals surface area (Å²) in [5.41, 5.74) is 0.353. The van der Waals surface area contributed by atoms with Gasteiger partial charge in [-0.1, -0.05) is 23.2 Å². The number of urea groups is 1. The normalized spacial score (nSPS) is 23.3. The summed E-state index contributed by atoms with van der Waals surface area (Å²) in [5.74, 6) is -0.399. The zero-order valence-corrected chi connectivity index (χ0v) is 15.8. The average molecular weight is 399 g/mol. The van der Waals surface area contributed by atoms with E-state index in [1.807, 2.05) is 11.8 Å². The molecular weight excluding hydrogens is 379 g/mol. The molecule has 2 atom stereocenters. The first kappa shape index (κ1) is 18.9. The van der Waals surface area contributed by atoms with Crippen LogP contribution in [0.2, 0.25) is 10.0 Å². The van der Waals surface area contributed by atoms with Crippen molar-refractivity contribution < 1.29 is 14.4 Å². The van der Waals surface area contributed by atoms with Crippen LogP contribution < -0.4 is 15.5 Å². The van der Waals surface area contributed by atoms with Crippen molar-refractivity contribution in [1.82, 2.24) is 15.5 Å². The van der Waals surface area contributed by atoms with Crippen LogP contribution in [0.5, 0.6) is 0 Å². The van der Waals surface area contributed by atoms with Crippen molar-refractivity contribution in [1.29, 1.82) is 0 Å². The zero-order chi connectivity index (χ0) is 18.8. The molecule has 2 heterocycles. The molecule has 3 rings (SSSR count). The van der Waals surface area contributed by atoms with Crippen LogP contribution in [0.15, 0.2) is 18.2 Å². The summed E-state index contributed by atoms with van der Waals surface area (Å²) >= 11 is 11.8. The summed E-state index contributed by atoms with van der Waals surface area (Å²) < 4.78 is 0. The van der Waals surface area contributed by atoms with Gasteiger partial charge in [-0.25, -0.2) is 9.69 Å². The Bertz CT molecular complexity index is 743. The van der Waals surface area contributed by atoms with Gasteiger partial charge >= 0.3 is 6.03 Å². The third-order valence-electron chi connectivity index (χ3n) is 4.65. The Morgan fingerprint density at radius 1 is 1.27 bits per heavy atom. The molecule has 2 fully saturated rings. The van der Waals surface area contributed by atoms with Gasteiger partial charge in [0.05, 0.1) is 15.7 Å². The number of nitrogens with zero attached hydrogens (tertiary/aromatic N) is 2. The lowest BCUT2D eigenvalue weighted by Crippen LogP contribution is -2.52. The van der Waals surface area contributed by atoms with Crippen LogP contribution in [0.25, 0.3) is 0 Å². The Labute approximate surface area is 161 Å². The number of hydrogen-bond acceptors (Lipinski definition) is 4. The second-order valence-corrected chi connectivity index (χ2v) is 7.27. The second kappa shape index (κ2) is 7.82. The zero-order valence-electron chi connectivity index (χ0n) is 14.3. The maximum absolute atomic E-state index is 12.6. The molecule has 0 bridgehead atoms. The van der Waals surface area contributed by atoms with E-state index in [-0.39, 0.29) is 29.8 Å². The van der Waals surface area contributed by atoms with Crippen LogP contribution in [0, 0.1) is 0 Å². The van der Waals surface area contributed by atoms with Crippen molar-refractivity contribution in [3.8, 4) is 0 Å². The van der Waals surface area contributed by atoms with Gasteiger partial charge in [-0.2, -0.15) is 0 Å². The first-order chi connectivity index (χ1) is 12.4. The van der Waals surface area contributed by atoms with Crippen molar-refractivity contribution in [3.63, 3.8) is 0 Å². The minimum Gasteiger partial charge on any atom is -0.337 e. The summed E-state index contributed by atoms with van der Waals surface area (Å²) in [5, 5.41) is 6.47. The number of hydrogen-bond donors (Lipinski definition) is 2. The summed E-state index contributed by atoms with van der Waals surface area (Å²) in [6.07, 6.45) is 0.466. The van der Waals surface area contributed by atoms with E-state index < -0.39 is 18.0 Å². The molecule has 9 heteroatoms. The molecular formula is C17H20Cl2N4O3. The topological polar surface area (TPSA) is 81.8 Å². The van der Waals surface area contributed by atoms with Gasteiger partial charge in [-0.15, -0.1) is 0 Å². The fourth-order valence-corrected chi connectivity index (χ4v) is 3.51. The maximum atomic E-state index is 12.6. The number of benzene rings is 1. The number of nitrogens with one attached hydrogen (secondary N) is 2. The SMILES string of the molecule is C[C@@H]1CNCCN1C(=O)CC[C@H]1NC(=O)N(c2ccc(Cl)c(Cl)c2)C1=O. The van der Waals surface area contributed by atoms with E-state index in [2.05, 4.69) is 10.6 Å². The van der Waals surface area contributed by atoms with E-state index >= 15 is 0 Å². The van der Waals surface area contributed by atoms with Gasteiger partial charge in [0.25, 0.3) is 5.91 Å². The smallest absolute Gasteiger partial charge is 0.329 e. The van der Waals surface area contributed by atoms with Crippen LogP contribution >= 0.6 is 23.2 Å². The number of halogens is 2. The first-order valence-electron chi connectivity index (χ1n) is 8.48. The molecule has 2 N–H and O–H groups in total. The summed E-state index contributed by atoms with van der Waals surface area (Å²) in [7, 11) is 0. The third kappa shape index (κ3) is 3.79. The van der Waals surface area contributed by atoms with Crippen molar-refractivity contribution >= 4 is 46.7 Å². The van der Waals surface area contributed by atoms with Gasteiger partial charge < -0.3 is 15.5 Å². The Kier molecular flexibility index (Phi) is 5.70. The summed E-state index contributed by atoms with van der Waals surface area (Å²) in [4.78, 5) is 40.1. The summed E-state index contributed by atoms with van der Waals surface area (Å²) in [6.45, 7) is 4.16. The molecule has 26 heavy (non-hydrogen) atoms. The van der Waals surface area contributed by atoms with Gasteiger partial charge in [0.1, 0.15) is 6.04 Å². The number of anilines is 1. The van der Waals surface area contributed by atoms with Crippen LogP contribution in [-0.4, -0.2) is 54.5 Å². The lowest BCUT2D eigenvalue weighted by Gasteiger charge is -2.34. The molecule has 1 aromatic rings. The highest BCUT2D eigenvalue weighted by molar-refractivity contribution is 6.42. The Balaban J connectivity index is 1.63. The van der Waals surface area contributed by atoms with Crippen LogP contribution in [0.1, 0.15) is 19.8 Å². The van der Waals surface area contributed by atoms with Crippen molar-refractivity contribution in [2.75, 3.05) is 24.5 Å². The van der Waals surface area contributed by atoms with E-state index in [0.29, 0.717) is 17.3 Å². The Morgan fingerprint density at radius 2 is 2.04 bits per heavy atom. The lowest BCUT2D eigenvalue weighted by atomic mass is 10.1. The molecule has 0 saturated carbocycles. The van der Waals surface area contributed by atoms with Crippen LogP contribution in [0.3, 0.4) is 0 Å². The molecule has 0 aliphatic carbocycles. The fourth-order valence-electron chi connectivity index (χ4n) is 3.22. The highest BCUT2D eigenvalue weighted by Crippen LogP contribution is 2.29. The lowest BCUT2D eigenvalue weighted by molar-refractivity contribution is -0.134. The predicted molar refractivity (Wildman–Crippen MR) is 99.5 cm³/mol. The number of carbonyl (C=O) groups excluding carboxylic acids is 3. The van der Waals surface area contributed by atoms with Gasteiger partial charge in [0, 0.05) is 32.1 Å². The largest absolute Gasteiger partial charge is 0.337 e. The van der Waals surface area contributed by atoms with Gasteiger partial charge in [0.2, 0.25) is 5.91 Å². The minimum atomic E-state index is -0.723. The minimum absolute atomic E-state index is 0.00552. The number of carbonyl (C=O) groups is 3. The monoisotopic (exact) mass is 398 g/mol. The highest BCUT2D eigenvalue weighted by Gasteiger charge is 2.39. The maximum Gasteiger partial charge on any atom is 0.329 e. The van der Waals surface area contributed by atoms with Crippen LogP contribution in [0.4, 0.5) is 10.5 Å². The summed E-state index contributed by atoms with van der Waals surface area (Å²) in [6, 6.07) is 3.43. The van der Waals surface area contributed by atoms with E-state index in [1.165, 1.54) is 12.1 Å². The van der Waals surface area contributed by atoms with Gasteiger partial charge in [0.15, 0.2) is 0 Å². The molecule has 0 spiro atoms. The highest BCUT2D eigenvalue weighted by atomic mass is 35.5. The standard InChI is InChI=1S/C17H20Cl2N4O3/c1-10-9-20-6-7-22(10)15(24)5-4-14-16(25)23(17(26)21-14)11-2-3-12(18)13(19)8-11/h2-3,8,10,14,20H,4-7,9H2,1H3,(H,21,26)/t10-,14-/m1/s1. The molecule has 140 valence electrons. The van der Waals surface area contributed by atoms with Crippen molar-refractivity contribution in [2.24, 2.45) is 0 Å². The molecule has 7 nitrogen and oxygen atoms in total. The van der Waals surface area contributed by atoms with Gasteiger partial charge in [-0.05, 0) is 31.5 Å². The van der Waals surface area contributed by atoms with Crippen molar-refractivity contribution in [3.05, 3.63) is 28.2 Å². The van der Waals surface area contributed by atoms with E-state index in [0.717, 1.165) is 18.0 Å². The number of rotatable bonds is 4. The second-order valence-electron chi connectivity index (χ2n) is 6.45. The molecule has 4 amide bonds. The number of piperazine rings is 1. The molecule has 2 saturated heterocycles. The Hall–Kier alpha value is -1.83. The van der Waals surface area contributed by atoms with Gasteiger partial charge in [-0.3, -0.25) is 9.59 Å². The molecule has 0 radical (unpaired) electrons. The number of amides is 4. The molecule has 0 unspecified atom stereocenters. The first-order valence-corrected chi connectivity index (χ1v) is 9.24. The number of imide groups is 1. The van der Waals surface area contributed by atoms with Crippen molar-refractivity contribution in [2.45, 2.75) is 31.8 Å².